The van der Waals surface area contributed by atoms with Crippen LogP contribution < -0.4 is 0 Å². The highest BCUT2D eigenvalue weighted by molar-refractivity contribution is 7.99. The third kappa shape index (κ3) is 2.18. The molecular formula is C20H20O2S. The Labute approximate surface area is 140 Å². The fourth-order valence-electron chi connectivity index (χ4n) is 4.03. The fraction of sp³-hybridized carbons (Fsp3) is 0.350. The van der Waals surface area contributed by atoms with Gasteiger partial charge in [-0.25, -0.2) is 0 Å². The number of aryl methyl sites for hydroxylation is 2. The van der Waals surface area contributed by atoms with Crippen molar-refractivity contribution in [3.05, 3.63) is 70.8 Å². The molecule has 0 saturated carbocycles. The first-order chi connectivity index (χ1) is 11.1. The number of fused-ring (bicyclic) bond motifs is 1. The summed E-state index contributed by atoms with van der Waals surface area (Å²) >= 11 is 1.72. The highest BCUT2D eigenvalue weighted by Crippen LogP contribution is 2.58. The van der Waals surface area contributed by atoms with Gasteiger partial charge >= 0.3 is 0 Å². The van der Waals surface area contributed by atoms with Crippen LogP contribution in [-0.2, 0) is 6.42 Å². The van der Waals surface area contributed by atoms with Crippen molar-refractivity contribution in [3.8, 4) is 0 Å². The molecule has 0 amide bonds. The minimum absolute atomic E-state index is 0.0407. The topological polar surface area (TPSA) is 37.3 Å². The van der Waals surface area contributed by atoms with Crippen molar-refractivity contribution in [3.63, 3.8) is 0 Å². The molecule has 1 spiro atoms. The zero-order valence-corrected chi connectivity index (χ0v) is 14.0. The summed E-state index contributed by atoms with van der Waals surface area (Å²) < 4.78 is 0. The summed E-state index contributed by atoms with van der Waals surface area (Å²) in [6, 6.07) is 16.3. The zero-order valence-electron chi connectivity index (χ0n) is 13.2. The molecule has 0 radical (unpaired) electrons. The third-order valence-electron chi connectivity index (χ3n) is 5.36. The summed E-state index contributed by atoms with van der Waals surface area (Å²) in [5, 5.41) is 10.8. The number of hydrogen-bond donors (Lipinski definition) is 1. The molecule has 2 aromatic carbocycles. The Morgan fingerprint density at radius 1 is 1.13 bits per heavy atom. The van der Waals surface area contributed by atoms with E-state index in [0.717, 1.165) is 29.5 Å². The molecule has 118 valence electrons. The molecule has 2 nitrogen and oxygen atoms in total. The van der Waals surface area contributed by atoms with Gasteiger partial charge in [-0.05, 0) is 30.9 Å². The van der Waals surface area contributed by atoms with Crippen LogP contribution in [0.1, 0.15) is 38.7 Å². The van der Waals surface area contributed by atoms with E-state index < -0.39 is 11.5 Å². The van der Waals surface area contributed by atoms with Gasteiger partial charge in [-0.1, -0.05) is 54.1 Å². The lowest BCUT2D eigenvalue weighted by Gasteiger charge is -2.40. The van der Waals surface area contributed by atoms with Gasteiger partial charge in [-0.3, -0.25) is 4.79 Å². The Balaban J connectivity index is 1.81. The number of aliphatic hydroxyl groups excluding tert-OH is 1. The van der Waals surface area contributed by atoms with Crippen LogP contribution in [0, 0.1) is 12.3 Å². The monoisotopic (exact) mass is 324 g/mol. The number of hydrogen-bond acceptors (Lipinski definition) is 3. The number of benzene rings is 2. The first-order valence-corrected chi connectivity index (χ1v) is 9.17. The van der Waals surface area contributed by atoms with Crippen LogP contribution in [0.15, 0.2) is 48.5 Å². The van der Waals surface area contributed by atoms with Gasteiger partial charge in [0.15, 0.2) is 5.78 Å². The van der Waals surface area contributed by atoms with Gasteiger partial charge in [0.25, 0.3) is 0 Å². The third-order valence-corrected chi connectivity index (χ3v) is 6.89. The van der Waals surface area contributed by atoms with E-state index in [0.29, 0.717) is 5.75 Å². The Morgan fingerprint density at radius 2 is 1.87 bits per heavy atom. The Hall–Kier alpha value is -1.58. The molecule has 0 bridgehead atoms. The molecule has 0 aromatic heterocycles. The number of aliphatic hydroxyl groups is 1. The summed E-state index contributed by atoms with van der Waals surface area (Å²) in [5.41, 5.74) is 3.62. The van der Waals surface area contributed by atoms with Crippen LogP contribution >= 0.6 is 11.8 Å². The number of thioether (sulfide) groups is 1. The second kappa shape index (κ2) is 5.50. The molecular weight excluding hydrogens is 304 g/mol. The van der Waals surface area contributed by atoms with E-state index in [1.54, 1.807) is 11.8 Å². The lowest BCUT2D eigenvalue weighted by molar-refractivity contribution is 0.0325. The molecule has 3 atom stereocenters. The van der Waals surface area contributed by atoms with Gasteiger partial charge < -0.3 is 5.11 Å². The number of Topliss-reactive ketones (excluding diaryl/α,β-unsaturated/α-hetero) is 1. The van der Waals surface area contributed by atoms with E-state index in [1.165, 1.54) is 5.56 Å². The van der Waals surface area contributed by atoms with Crippen LogP contribution in [0.5, 0.6) is 0 Å². The first-order valence-electron chi connectivity index (χ1n) is 8.12. The van der Waals surface area contributed by atoms with Crippen molar-refractivity contribution in [2.75, 3.05) is 5.75 Å². The van der Waals surface area contributed by atoms with Crippen molar-refractivity contribution in [1.82, 2.24) is 0 Å². The Morgan fingerprint density at radius 3 is 2.65 bits per heavy atom. The van der Waals surface area contributed by atoms with Crippen molar-refractivity contribution < 1.29 is 9.90 Å². The van der Waals surface area contributed by atoms with Crippen LogP contribution in [0.25, 0.3) is 0 Å². The predicted octanol–water partition coefficient (Wildman–Crippen LogP) is 3.96. The molecule has 2 aliphatic rings. The molecule has 1 heterocycles. The maximum absolute atomic E-state index is 13.3. The number of ketones is 1. The first kappa shape index (κ1) is 15.0. The maximum Gasteiger partial charge on any atom is 0.173 e. The molecule has 1 aliphatic carbocycles. The Bertz CT molecular complexity index is 752. The van der Waals surface area contributed by atoms with Gasteiger partial charge in [0, 0.05) is 16.6 Å². The van der Waals surface area contributed by atoms with E-state index in [4.69, 9.17) is 0 Å². The summed E-state index contributed by atoms with van der Waals surface area (Å²) in [6.45, 7) is 2.07. The van der Waals surface area contributed by atoms with Gasteiger partial charge in [0.2, 0.25) is 0 Å². The average Bonchev–Trinajstić information content (AvgIpc) is 2.90. The Kier molecular flexibility index (Phi) is 3.58. The average molecular weight is 324 g/mol. The molecule has 1 saturated heterocycles. The second-order valence-electron chi connectivity index (χ2n) is 6.67. The standard InChI is InChI=1S/C20H20O2S/c1-13-6-8-15(9-7-13)19-20(17(21)12-23-19)11-10-14-4-2-3-5-16(14)18(20)22/h2-9,17,19,21H,10-12H2,1H3/t17-,19-,20-/m0/s1. The second-order valence-corrected chi connectivity index (χ2v) is 7.80. The fourth-order valence-corrected chi connectivity index (χ4v) is 5.73. The van der Waals surface area contributed by atoms with E-state index in [-0.39, 0.29) is 11.0 Å². The maximum atomic E-state index is 13.3. The normalized spacial score (nSPS) is 29.7. The lowest BCUT2D eigenvalue weighted by atomic mass is 9.64. The van der Waals surface area contributed by atoms with Crippen molar-refractivity contribution in [2.45, 2.75) is 31.1 Å². The zero-order chi connectivity index (χ0) is 16.0. The highest BCUT2D eigenvalue weighted by Gasteiger charge is 2.57. The molecule has 2 aromatic rings. The van der Waals surface area contributed by atoms with Crippen molar-refractivity contribution >= 4 is 17.5 Å². The number of carbonyl (C=O) groups excluding carboxylic acids is 1. The minimum Gasteiger partial charge on any atom is -0.391 e. The van der Waals surface area contributed by atoms with E-state index in [2.05, 4.69) is 31.2 Å². The van der Waals surface area contributed by atoms with Crippen LogP contribution in [0.2, 0.25) is 0 Å². The lowest BCUT2D eigenvalue weighted by Crippen LogP contribution is -2.46. The summed E-state index contributed by atoms with van der Waals surface area (Å²) in [4.78, 5) is 13.3. The van der Waals surface area contributed by atoms with Gasteiger partial charge in [-0.2, -0.15) is 0 Å². The van der Waals surface area contributed by atoms with Crippen LogP contribution in [0.4, 0.5) is 0 Å². The molecule has 1 N–H and O–H groups in total. The largest absolute Gasteiger partial charge is 0.391 e. The molecule has 4 rings (SSSR count). The van der Waals surface area contributed by atoms with Crippen molar-refractivity contribution in [1.29, 1.82) is 0 Å². The van der Waals surface area contributed by atoms with E-state index >= 15 is 0 Å². The SMILES string of the molecule is Cc1ccc([C@@H]2SC[C@H](O)[C@]23CCc2ccccc2C3=O)cc1. The smallest absolute Gasteiger partial charge is 0.173 e. The molecule has 1 fully saturated rings. The van der Waals surface area contributed by atoms with Gasteiger partial charge in [0.1, 0.15) is 0 Å². The van der Waals surface area contributed by atoms with Crippen LogP contribution in [-0.4, -0.2) is 22.7 Å². The van der Waals surface area contributed by atoms with Gasteiger partial charge in [-0.15, -0.1) is 11.8 Å². The van der Waals surface area contributed by atoms with Gasteiger partial charge in [0.05, 0.1) is 11.5 Å². The quantitative estimate of drug-likeness (QED) is 0.863. The number of carbonyl (C=O) groups is 1. The molecule has 3 heteroatoms. The summed E-state index contributed by atoms with van der Waals surface area (Å²) in [6.07, 6.45) is 1.02. The number of rotatable bonds is 1. The van der Waals surface area contributed by atoms with Crippen molar-refractivity contribution in [2.24, 2.45) is 5.41 Å². The molecule has 23 heavy (non-hydrogen) atoms. The summed E-state index contributed by atoms with van der Waals surface area (Å²) in [5.74, 6) is 0.759. The minimum atomic E-state index is -0.672. The van der Waals surface area contributed by atoms with E-state index in [1.807, 2.05) is 24.3 Å². The van der Waals surface area contributed by atoms with Crippen LogP contribution in [0.3, 0.4) is 0 Å². The van der Waals surface area contributed by atoms with E-state index in [9.17, 15) is 9.90 Å². The molecule has 1 aliphatic heterocycles. The predicted molar refractivity (Wildman–Crippen MR) is 93.9 cm³/mol. The highest BCUT2D eigenvalue weighted by atomic mass is 32.2. The summed E-state index contributed by atoms with van der Waals surface area (Å²) in [7, 11) is 0. The molecule has 0 unspecified atom stereocenters.